The topological polar surface area (TPSA) is 98.7 Å². The number of anilines is 1. The lowest BCUT2D eigenvalue weighted by molar-refractivity contribution is -0.140. The number of carbonyl (C=O) groups excluding carboxylic acids is 2. The molecule has 1 aliphatic rings. The van der Waals surface area contributed by atoms with Crippen LogP contribution in [0.1, 0.15) is 47.1 Å². The van der Waals surface area contributed by atoms with E-state index in [-0.39, 0.29) is 35.7 Å². The Hall–Kier alpha value is -2.54. The van der Waals surface area contributed by atoms with Gasteiger partial charge in [0, 0.05) is 24.7 Å². The van der Waals surface area contributed by atoms with Gasteiger partial charge in [-0.3, -0.25) is 9.59 Å². The Bertz CT molecular complexity index is 851. The molecule has 2 rings (SSSR count). The van der Waals surface area contributed by atoms with E-state index < -0.39 is 29.5 Å². The van der Waals surface area contributed by atoms with E-state index >= 15 is 0 Å². The van der Waals surface area contributed by atoms with Gasteiger partial charge in [-0.2, -0.15) is 0 Å². The molecule has 0 saturated heterocycles. The number of para-hydroxylation sites is 1. The molecule has 0 fully saturated rings. The molecule has 0 saturated carbocycles. The average molecular weight is 466 g/mol. The fourth-order valence-electron chi connectivity index (χ4n) is 3.78. The fourth-order valence-corrected chi connectivity index (χ4v) is 3.78. The molecule has 178 valence electrons. The van der Waals surface area contributed by atoms with Crippen LogP contribution in [0.4, 0.5) is 5.69 Å². The third-order valence-electron chi connectivity index (χ3n) is 5.72. The minimum Gasteiger partial charge on any atom is -0.478 e. The highest BCUT2D eigenvalue weighted by Gasteiger charge is 2.39. The van der Waals surface area contributed by atoms with E-state index in [0.717, 1.165) is 11.3 Å². The summed E-state index contributed by atoms with van der Waals surface area (Å²) in [6, 6.07) is 6.19. The number of nitrogens with one attached hydrogen (secondary N) is 2. The third-order valence-corrected chi connectivity index (χ3v) is 5.72. The van der Waals surface area contributed by atoms with Gasteiger partial charge in [0.15, 0.2) is 0 Å². The van der Waals surface area contributed by atoms with Crippen LogP contribution in [-0.4, -0.2) is 53.0 Å². The second-order valence-electron chi connectivity index (χ2n) is 9.70. The van der Waals surface area contributed by atoms with Crippen LogP contribution >= 0.6 is 12.4 Å². The number of hydrogen-bond donors (Lipinski definition) is 3. The molecule has 1 aromatic rings. The summed E-state index contributed by atoms with van der Waals surface area (Å²) in [6.07, 6.45) is 2.17. The first-order chi connectivity index (χ1) is 14.3. The summed E-state index contributed by atoms with van der Waals surface area (Å²) in [5.41, 5.74) is 1.67. The number of amides is 2. The highest BCUT2D eigenvalue weighted by Crippen LogP contribution is 2.27. The van der Waals surface area contributed by atoms with Gasteiger partial charge < -0.3 is 20.6 Å². The summed E-state index contributed by atoms with van der Waals surface area (Å²) in [5.74, 6) is -1.48. The van der Waals surface area contributed by atoms with Crippen LogP contribution in [0, 0.1) is 11.3 Å². The SMILES string of the molecule is C/C(=C\[C@H](C(C)C)N(C)C(=O)[C@@H](NC(=O)C1Cc2ccccc2N1)C(C)(C)C)C(=O)O.Cl. The first kappa shape index (κ1) is 27.5. The Morgan fingerprint density at radius 2 is 1.81 bits per heavy atom. The van der Waals surface area contributed by atoms with E-state index in [1.807, 2.05) is 58.9 Å². The largest absolute Gasteiger partial charge is 0.478 e. The summed E-state index contributed by atoms with van der Waals surface area (Å²) in [4.78, 5) is 39.3. The summed E-state index contributed by atoms with van der Waals surface area (Å²) < 4.78 is 0. The third kappa shape index (κ3) is 6.48. The van der Waals surface area contributed by atoms with E-state index in [1.54, 1.807) is 18.0 Å². The summed E-state index contributed by atoms with van der Waals surface area (Å²) in [6.45, 7) is 11.1. The lowest BCUT2D eigenvalue weighted by Gasteiger charge is -2.37. The summed E-state index contributed by atoms with van der Waals surface area (Å²) in [5, 5.41) is 15.4. The van der Waals surface area contributed by atoms with Gasteiger partial charge >= 0.3 is 5.97 Å². The van der Waals surface area contributed by atoms with Crippen LogP contribution in [0.2, 0.25) is 0 Å². The van der Waals surface area contributed by atoms with Gasteiger partial charge in [0.05, 0.1) is 6.04 Å². The maximum atomic E-state index is 13.5. The standard InChI is InChI=1S/C24H35N3O4.ClH/c1-14(2)19(12-15(3)23(30)31)27(7)22(29)20(24(4,5)6)26-21(28)18-13-16-10-8-9-11-17(16)25-18;/h8-12,14,18-20,25H,13H2,1-7H3,(H,26,28)(H,30,31);1H/b15-12+;/t18?,19-,20-;/m1./s1. The molecule has 32 heavy (non-hydrogen) atoms. The Kier molecular flexibility index (Phi) is 9.33. The molecule has 3 N–H and O–H groups in total. The van der Waals surface area contributed by atoms with Crippen molar-refractivity contribution in [3.8, 4) is 0 Å². The molecule has 0 bridgehead atoms. The van der Waals surface area contributed by atoms with Crippen LogP contribution in [0.25, 0.3) is 0 Å². The molecule has 1 aliphatic heterocycles. The Balaban J connectivity index is 0.00000512. The van der Waals surface area contributed by atoms with E-state index in [9.17, 15) is 19.5 Å². The van der Waals surface area contributed by atoms with Crippen LogP contribution < -0.4 is 10.6 Å². The first-order valence-corrected chi connectivity index (χ1v) is 10.7. The van der Waals surface area contributed by atoms with Crippen molar-refractivity contribution in [3.05, 3.63) is 41.5 Å². The van der Waals surface area contributed by atoms with Gasteiger partial charge in [0.2, 0.25) is 11.8 Å². The van der Waals surface area contributed by atoms with Crippen LogP contribution in [0.3, 0.4) is 0 Å². The predicted molar refractivity (Wildman–Crippen MR) is 129 cm³/mol. The number of hydrogen-bond acceptors (Lipinski definition) is 4. The van der Waals surface area contributed by atoms with E-state index in [0.29, 0.717) is 6.42 Å². The van der Waals surface area contributed by atoms with Crippen LogP contribution in [-0.2, 0) is 20.8 Å². The minimum absolute atomic E-state index is 0. The number of carboxylic acid groups (broad SMARTS) is 1. The van der Waals surface area contributed by atoms with Gasteiger partial charge in [-0.1, -0.05) is 58.9 Å². The van der Waals surface area contributed by atoms with Gasteiger partial charge in [0.1, 0.15) is 12.1 Å². The molecule has 1 unspecified atom stereocenters. The summed E-state index contributed by atoms with van der Waals surface area (Å²) in [7, 11) is 1.66. The zero-order chi connectivity index (χ0) is 23.5. The number of halogens is 1. The quantitative estimate of drug-likeness (QED) is 0.535. The van der Waals surface area contributed by atoms with Gasteiger partial charge in [-0.15, -0.1) is 12.4 Å². The number of rotatable bonds is 7. The molecule has 1 aromatic carbocycles. The maximum absolute atomic E-state index is 13.5. The number of carboxylic acids is 1. The van der Waals surface area contributed by atoms with Crippen molar-refractivity contribution in [1.82, 2.24) is 10.2 Å². The zero-order valence-electron chi connectivity index (χ0n) is 19.9. The second-order valence-corrected chi connectivity index (χ2v) is 9.70. The van der Waals surface area contributed by atoms with Crippen molar-refractivity contribution in [2.24, 2.45) is 11.3 Å². The first-order valence-electron chi connectivity index (χ1n) is 10.7. The number of aliphatic carboxylic acids is 1. The summed E-state index contributed by atoms with van der Waals surface area (Å²) >= 11 is 0. The Morgan fingerprint density at radius 3 is 2.31 bits per heavy atom. The van der Waals surface area contributed by atoms with Crippen molar-refractivity contribution >= 4 is 35.9 Å². The lowest BCUT2D eigenvalue weighted by atomic mass is 9.85. The predicted octanol–water partition coefficient (Wildman–Crippen LogP) is 3.49. The van der Waals surface area contributed by atoms with Crippen molar-refractivity contribution < 1.29 is 19.5 Å². The molecule has 0 aliphatic carbocycles. The van der Waals surface area contributed by atoms with Crippen LogP contribution in [0.5, 0.6) is 0 Å². The van der Waals surface area contributed by atoms with Gasteiger partial charge in [-0.05, 0) is 29.9 Å². The number of carbonyl (C=O) groups is 3. The molecule has 1 heterocycles. The van der Waals surface area contributed by atoms with Crippen LogP contribution in [0.15, 0.2) is 35.9 Å². The smallest absolute Gasteiger partial charge is 0.331 e. The molecule has 2 amide bonds. The molecule has 0 spiro atoms. The number of benzene rings is 1. The average Bonchev–Trinajstić information content (AvgIpc) is 3.12. The van der Waals surface area contributed by atoms with E-state index in [2.05, 4.69) is 10.6 Å². The molecule has 3 atom stereocenters. The highest BCUT2D eigenvalue weighted by atomic mass is 35.5. The Labute approximate surface area is 197 Å². The van der Waals surface area contributed by atoms with Crippen molar-refractivity contribution in [2.45, 2.75) is 66.1 Å². The maximum Gasteiger partial charge on any atom is 0.331 e. The van der Waals surface area contributed by atoms with Crippen molar-refractivity contribution in [2.75, 3.05) is 12.4 Å². The normalized spacial score (nSPS) is 17.5. The number of likely N-dealkylation sites (N-methyl/N-ethyl adjacent to an activating group) is 1. The van der Waals surface area contributed by atoms with E-state index in [4.69, 9.17) is 0 Å². The van der Waals surface area contributed by atoms with Crippen molar-refractivity contribution in [3.63, 3.8) is 0 Å². The molecule has 0 radical (unpaired) electrons. The molecule has 0 aromatic heterocycles. The monoisotopic (exact) mass is 465 g/mol. The zero-order valence-corrected chi connectivity index (χ0v) is 20.7. The number of nitrogens with zero attached hydrogens (tertiary/aromatic N) is 1. The number of fused-ring (bicyclic) bond motifs is 1. The molecular formula is C24H36ClN3O4. The van der Waals surface area contributed by atoms with Crippen molar-refractivity contribution in [1.29, 1.82) is 0 Å². The van der Waals surface area contributed by atoms with Gasteiger partial charge in [0.25, 0.3) is 0 Å². The molecule has 8 heteroatoms. The van der Waals surface area contributed by atoms with Gasteiger partial charge in [-0.25, -0.2) is 4.79 Å². The second kappa shape index (κ2) is 10.9. The highest BCUT2D eigenvalue weighted by molar-refractivity contribution is 5.93. The fraction of sp³-hybridized carbons (Fsp3) is 0.542. The van der Waals surface area contributed by atoms with E-state index in [1.165, 1.54) is 6.92 Å². The molecule has 7 nitrogen and oxygen atoms in total. The lowest BCUT2D eigenvalue weighted by Crippen LogP contribution is -2.58. The minimum atomic E-state index is -1.01. The Morgan fingerprint density at radius 1 is 1.22 bits per heavy atom. The molecular weight excluding hydrogens is 430 g/mol.